The summed E-state index contributed by atoms with van der Waals surface area (Å²) >= 11 is 0. The Kier molecular flexibility index (Phi) is 10.1. The largest absolute Gasteiger partial charge is 0.356 e. The van der Waals surface area contributed by atoms with Crippen molar-refractivity contribution in [1.82, 2.24) is 20.4 Å². The molecule has 2 N–H and O–H groups in total. The second kappa shape index (κ2) is 12.6. The van der Waals surface area contributed by atoms with Crippen molar-refractivity contribution in [2.45, 2.75) is 52.0 Å². The number of hydrogen-bond acceptors (Lipinski definition) is 3. The molecule has 1 aromatic rings. The fourth-order valence-corrected chi connectivity index (χ4v) is 4.37. The Bertz CT molecular complexity index is 676. The lowest BCUT2D eigenvalue weighted by Crippen LogP contribution is -2.49. The van der Waals surface area contributed by atoms with Crippen molar-refractivity contribution in [3.63, 3.8) is 0 Å². The van der Waals surface area contributed by atoms with Crippen molar-refractivity contribution in [3.8, 4) is 0 Å². The summed E-state index contributed by atoms with van der Waals surface area (Å²) in [7, 11) is 5.39. The van der Waals surface area contributed by atoms with Gasteiger partial charge in [-0.25, -0.2) is 0 Å². The fourth-order valence-electron chi connectivity index (χ4n) is 4.37. The third-order valence-electron chi connectivity index (χ3n) is 6.19. The van der Waals surface area contributed by atoms with Crippen LogP contribution >= 0.6 is 0 Å². The molecule has 1 atom stereocenters. The zero-order valence-electron chi connectivity index (χ0n) is 19.6. The maximum atomic E-state index is 12.2. The highest BCUT2D eigenvalue weighted by Gasteiger charge is 2.27. The van der Waals surface area contributed by atoms with E-state index >= 15 is 0 Å². The molecule has 1 aliphatic heterocycles. The number of rotatable bonds is 10. The minimum atomic E-state index is 0.0386. The molecule has 6 heteroatoms. The van der Waals surface area contributed by atoms with E-state index in [9.17, 15) is 4.79 Å². The monoisotopic (exact) mass is 415 g/mol. The van der Waals surface area contributed by atoms with Crippen LogP contribution < -0.4 is 10.6 Å². The normalized spacial score (nSPS) is 16.0. The van der Waals surface area contributed by atoms with E-state index in [0.29, 0.717) is 12.0 Å². The lowest BCUT2D eigenvalue weighted by molar-refractivity contribution is 0.0827. The lowest BCUT2D eigenvalue weighted by Gasteiger charge is -2.34. The number of amides is 1. The first kappa shape index (κ1) is 24.2. The lowest BCUT2D eigenvalue weighted by atomic mass is 9.93. The third-order valence-corrected chi connectivity index (χ3v) is 6.19. The molecular formula is C24H41N5O. The Morgan fingerprint density at radius 2 is 1.87 bits per heavy atom. The van der Waals surface area contributed by atoms with Crippen molar-refractivity contribution in [2.75, 3.05) is 47.3 Å². The molecule has 1 heterocycles. The van der Waals surface area contributed by atoms with Crippen LogP contribution in [0.25, 0.3) is 0 Å². The highest BCUT2D eigenvalue weighted by atomic mass is 16.2. The minimum absolute atomic E-state index is 0.0386. The zero-order valence-corrected chi connectivity index (χ0v) is 19.6. The number of aliphatic imine (C=N–C) groups is 1. The van der Waals surface area contributed by atoms with Crippen LogP contribution in [0.2, 0.25) is 0 Å². The van der Waals surface area contributed by atoms with Gasteiger partial charge in [-0.05, 0) is 56.0 Å². The SMILES string of the molecule is CCC(CC)C(CNC(=NC)NCCc1cccc(C(=O)N(C)C)c1)N1CCCC1. The Balaban J connectivity index is 1.87. The number of nitrogens with zero attached hydrogens (tertiary/aromatic N) is 3. The van der Waals surface area contributed by atoms with Gasteiger partial charge in [-0.3, -0.25) is 14.7 Å². The van der Waals surface area contributed by atoms with Crippen LogP contribution in [-0.4, -0.2) is 75.0 Å². The summed E-state index contributed by atoms with van der Waals surface area (Å²) in [6.07, 6.45) is 5.91. The van der Waals surface area contributed by atoms with E-state index in [1.54, 1.807) is 19.0 Å². The second-order valence-electron chi connectivity index (χ2n) is 8.42. The first-order valence-electron chi connectivity index (χ1n) is 11.5. The van der Waals surface area contributed by atoms with Crippen LogP contribution in [0, 0.1) is 5.92 Å². The average Bonchev–Trinajstić information content (AvgIpc) is 3.29. The topological polar surface area (TPSA) is 60.0 Å². The molecule has 0 aromatic heterocycles. The highest BCUT2D eigenvalue weighted by Crippen LogP contribution is 2.22. The van der Waals surface area contributed by atoms with Gasteiger partial charge in [-0.1, -0.05) is 38.8 Å². The molecule has 30 heavy (non-hydrogen) atoms. The average molecular weight is 416 g/mol. The zero-order chi connectivity index (χ0) is 21.9. The van der Waals surface area contributed by atoms with Gasteiger partial charge in [-0.2, -0.15) is 0 Å². The molecule has 1 saturated heterocycles. The van der Waals surface area contributed by atoms with Gasteiger partial charge in [0.15, 0.2) is 5.96 Å². The molecule has 1 amide bonds. The van der Waals surface area contributed by atoms with Crippen LogP contribution in [0.5, 0.6) is 0 Å². The van der Waals surface area contributed by atoms with E-state index in [4.69, 9.17) is 0 Å². The van der Waals surface area contributed by atoms with E-state index in [-0.39, 0.29) is 5.91 Å². The van der Waals surface area contributed by atoms with Gasteiger partial charge in [-0.15, -0.1) is 0 Å². The van der Waals surface area contributed by atoms with Gasteiger partial charge in [0.05, 0.1) is 0 Å². The highest BCUT2D eigenvalue weighted by molar-refractivity contribution is 5.94. The molecular weight excluding hydrogens is 374 g/mol. The summed E-state index contributed by atoms with van der Waals surface area (Å²) in [5.74, 6) is 1.60. The van der Waals surface area contributed by atoms with Crippen LogP contribution in [0.3, 0.4) is 0 Å². The maximum absolute atomic E-state index is 12.2. The van der Waals surface area contributed by atoms with Gasteiger partial charge in [0.2, 0.25) is 0 Å². The Labute approximate surface area is 183 Å². The number of hydrogen-bond donors (Lipinski definition) is 2. The Morgan fingerprint density at radius 1 is 1.17 bits per heavy atom. The Hall–Kier alpha value is -2.08. The van der Waals surface area contributed by atoms with E-state index in [2.05, 4.69) is 40.4 Å². The van der Waals surface area contributed by atoms with Crippen LogP contribution in [0.4, 0.5) is 0 Å². The van der Waals surface area contributed by atoms with Crippen molar-refractivity contribution in [1.29, 1.82) is 0 Å². The van der Waals surface area contributed by atoms with Gasteiger partial charge >= 0.3 is 0 Å². The molecule has 1 aliphatic rings. The second-order valence-corrected chi connectivity index (χ2v) is 8.42. The standard InChI is InChI=1S/C24H41N5O/c1-6-20(7-2)22(29-15-8-9-16-29)18-27-24(25-3)26-14-13-19-11-10-12-21(17-19)23(30)28(4)5/h10-12,17,20,22H,6-9,13-16,18H2,1-5H3,(H2,25,26,27). The van der Waals surface area contributed by atoms with Crippen molar-refractivity contribution < 1.29 is 4.79 Å². The van der Waals surface area contributed by atoms with Crippen LogP contribution in [0.15, 0.2) is 29.3 Å². The molecule has 1 aromatic carbocycles. The number of guanidine groups is 1. The predicted molar refractivity (Wildman–Crippen MR) is 126 cm³/mol. The Morgan fingerprint density at radius 3 is 2.47 bits per heavy atom. The predicted octanol–water partition coefficient (Wildman–Crippen LogP) is 3.00. The summed E-state index contributed by atoms with van der Waals surface area (Å²) in [4.78, 5) is 20.8. The molecule has 1 fully saturated rings. The summed E-state index contributed by atoms with van der Waals surface area (Å²) in [6.45, 7) is 8.75. The molecule has 0 radical (unpaired) electrons. The molecule has 0 spiro atoms. The smallest absolute Gasteiger partial charge is 0.253 e. The first-order valence-corrected chi connectivity index (χ1v) is 11.5. The number of carbonyl (C=O) groups is 1. The number of nitrogens with one attached hydrogen (secondary N) is 2. The molecule has 168 valence electrons. The molecule has 6 nitrogen and oxygen atoms in total. The van der Waals surface area contributed by atoms with E-state index < -0.39 is 0 Å². The van der Waals surface area contributed by atoms with Crippen LogP contribution in [0.1, 0.15) is 55.5 Å². The van der Waals surface area contributed by atoms with Crippen molar-refractivity contribution in [3.05, 3.63) is 35.4 Å². The number of likely N-dealkylation sites (tertiary alicyclic amines) is 1. The van der Waals surface area contributed by atoms with E-state index in [0.717, 1.165) is 36.6 Å². The van der Waals surface area contributed by atoms with Crippen molar-refractivity contribution >= 4 is 11.9 Å². The van der Waals surface area contributed by atoms with E-state index in [1.807, 2.05) is 25.2 Å². The number of benzene rings is 1. The first-order chi connectivity index (χ1) is 14.5. The summed E-state index contributed by atoms with van der Waals surface area (Å²) in [5, 5.41) is 7.00. The summed E-state index contributed by atoms with van der Waals surface area (Å²) < 4.78 is 0. The van der Waals surface area contributed by atoms with E-state index in [1.165, 1.54) is 38.8 Å². The maximum Gasteiger partial charge on any atom is 0.253 e. The minimum Gasteiger partial charge on any atom is -0.356 e. The van der Waals surface area contributed by atoms with Gasteiger partial charge in [0.1, 0.15) is 0 Å². The number of carbonyl (C=O) groups excluding carboxylic acids is 1. The van der Waals surface area contributed by atoms with Gasteiger partial charge in [0, 0.05) is 45.8 Å². The van der Waals surface area contributed by atoms with Gasteiger partial charge in [0.25, 0.3) is 5.91 Å². The summed E-state index contributed by atoms with van der Waals surface area (Å²) in [5.41, 5.74) is 1.89. The van der Waals surface area contributed by atoms with Crippen molar-refractivity contribution in [2.24, 2.45) is 10.9 Å². The van der Waals surface area contributed by atoms with Gasteiger partial charge < -0.3 is 15.5 Å². The third kappa shape index (κ3) is 7.01. The summed E-state index contributed by atoms with van der Waals surface area (Å²) in [6, 6.07) is 8.44. The molecule has 2 rings (SSSR count). The fraction of sp³-hybridized carbons (Fsp3) is 0.667. The molecule has 0 bridgehead atoms. The quantitative estimate of drug-likeness (QED) is 0.456. The molecule has 1 unspecified atom stereocenters. The molecule has 0 aliphatic carbocycles. The molecule has 0 saturated carbocycles. The van der Waals surface area contributed by atoms with Crippen LogP contribution in [-0.2, 0) is 6.42 Å².